The van der Waals surface area contributed by atoms with Gasteiger partial charge in [0.15, 0.2) is 0 Å². The molecule has 7 heteroatoms. The number of carboxylic acids is 1. The fraction of sp³-hybridized carbons (Fsp3) is 0.385. The number of carboxylic acid groups (broad SMARTS) is 1. The van der Waals surface area contributed by atoms with Gasteiger partial charge in [-0.3, -0.25) is 0 Å². The van der Waals surface area contributed by atoms with Crippen LogP contribution in [0, 0.1) is 13.8 Å². The molecule has 0 heterocycles. The summed E-state index contributed by atoms with van der Waals surface area (Å²) in [5.41, 5.74) is 2.36. The molecule has 1 rings (SSSR count). The van der Waals surface area contributed by atoms with Crippen LogP contribution in [0.1, 0.15) is 17.5 Å². The predicted molar refractivity (Wildman–Crippen MR) is 78.9 cm³/mol. The molecule has 1 atom stereocenters. The number of aryl methyl sites for hydroxylation is 2. The minimum absolute atomic E-state index is 0.0406. The first kappa shape index (κ1) is 16.5. The molecule has 1 aromatic rings. The van der Waals surface area contributed by atoms with Crippen LogP contribution < -0.4 is 10.6 Å². The zero-order valence-electron chi connectivity index (χ0n) is 11.2. The maximum atomic E-state index is 11.8. The number of halogens is 1. The number of aliphatic carboxylic acids is 1. The van der Waals surface area contributed by atoms with E-state index in [1.807, 2.05) is 26.0 Å². The molecule has 0 spiro atoms. The van der Waals surface area contributed by atoms with Gasteiger partial charge in [-0.15, -0.1) is 0 Å². The molecular weight excluding hydrogens is 328 g/mol. The van der Waals surface area contributed by atoms with E-state index in [4.69, 9.17) is 10.2 Å². The number of amides is 2. The third kappa shape index (κ3) is 4.50. The lowest BCUT2D eigenvalue weighted by Crippen LogP contribution is -2.43. The van der Waals surface area contributed by atoms with Crippen LogP contribution in [0.4, 0.5) is 10.5 Å². The molecule has 0 saturated carbocycles. The molecule has 0 saturated heterocycles. The van der Waals surface area contributed by atoms with Crippen LogP contribution in [0.2, 0.25) is 0 Å². The molecule has 0 aromatic heterocycles. The van der Waals surface area contributed by atoms with Crippen LogP contribution in [0.15, 0.2) is 16.6 Å². The Hall–Kier alpha value is -1.60. The molecule has 0 fully saturated rings. The van der Waals surface area contributed by atoms with Crippen molar-refractivity contribution in [3.63, 3.8) is 0 Å². The summed E-state index contributed by atoms with van der Waals surface area (Å²) in [7, 11) is 0. The van der Waals surface area contributed by atoms with Crippen LogP contribution in [0.5, 0.6) is 0 Å². The van der Waals surface area contributed by atoms with Crippen LogP contribution in [0.25, 0.3) is 0 Å². The van der Waals surface area contributed by atoms with Gasteiger partial charge in [0.25, 0.3) is 0 Å². The lowest BCUT2D eigenvalue weighted by Gasteiger charge is -2.16. The predicted octanol–water partition coefficient (Wildman–Crippen LogP) is 2.02. The first-order valence-electron chi connectivity index (χ1n) is 6.03. The Labute approximate surface area is 125 Å². The van der Waals surface area contributed by atoms with Crippen molar-refractivity contribution in [2.24, 2.45) is 0 Å². The lowest BCUT2D eigenvalue weighted by molar-refractivity contribution is -0.139. The van der Waals surface area contributed by atoms with Gasteiger partial charge >= 0.3 is 12.0 Å². The van der Waals surface area contributed by atoms with E-state index >= 15 is 0 Å². The summed E-state index contributed by atoms with van der Waals surface area (Å²) in [5, 5.41) is 22.6. The second-order valence-electron chi connectivity index (χ2n) is 4.42. The van der Waals surface area contributed by atoms with Gasteiger partial charge in [-0.25, -0.2) is 9.59 Å². The number of rotatable bonds is 5. The average Bonchev–Trinajstić information content (AvgIpc) is 2.33. The van der Waals surface area contributed by atoms with Gasteiger partial charge in [-0.05, 0) is 37.1 Å². The highest BCUT2D eigenvalue weighted by molar-refractivity contribution is 9.10. The smallest absolute Gasteiger partial charge is 0.326 e. The van der Waals surface area contributed by atoms with Gasteiger partial charge in [0.05, 0.1) is 0 Å². The van der Waals surface area contributed by atoms with Crippen molar-refractivity contribution in [3.05, 3.63) is 27.7 Å². The van der Waals surface area contributed by atoms with Crippen LogP contribution in [-0.2, 0) is 4.79 Å². The third-order valence-corrected chi connectivity index (χ3v) is 3.22. The van der Waals surface area contributed by atoms with E-state index in [0.29, 0.717) is 5.69 Å². The molecule has 0 aliphatic rings. The van der Waals surface area contributed by atoms with E-state index in [2.05, 4.69) is 26.6 Å². The highest BCUT2D eigenvalue weighted by atomic mass is 79.9. The van der Waals surface area contributed by atoms with E-state index in [0.717, 1.165) is 15.6 Å². The Morgan fingerprint density at radius 1 is 1.30 bits per heavy atom. The normalized spacial score (nSPS) is 11.8. The number of hydrogen-bond acceptors (Lipinski definition) is 3. The summed E-state index contributed by atoms with van der Waals surface area (Å²) in [4.78, 5) is 22.7. The molecule has 110 valence electrons. The first-order chi connectivity index (χ1) is 9.35. The largest absolute Gasteiger partial charge is 0.480 e. The minimum Gasteiger partial charge on any atom is -0.480 e. The standard InChI is InChI=1S/C13H17BrN2O4/c1-7-5-9(14)6-8(2)11(7)16-13(20)15-10(3-4-17)12(18)19/h5-6,10,17H,3-4H2,1-2H3,(H,18,19)(H2,15,16,20). The van der Waals surface area contributed by atoms with Crippen molar-refractivity contribution in [3.8, 4) is 0 Å². The molecule has 1 unspecified atom stereocenters. The van der Waals surface area contributed by atoms with E-state index in [9.17, 15) is 9.59 Å². The van der Waals surface area contributed by atoms with Gasteiger partial charge in [0.1, 0.15) is 6.04 Å². The third-order valence-electron chi connectivity index (χ3n) is 2.76. The number of nitrogens with one attached hydrogen (secondary N) is 2. The van der Waals surface area contributed by atoms with Crippen molar-refractivity contribution in [1.82, 2.24) is 5.32 Å². The van der Waals surface area contributed by atoms with E-state index in [-0.39, 0.29) is 13.0 Å². The second kappa shape index (κ2) is 7.25. The van der Waals surface area contributed by atoms with Crippen LogP contribution in [-0.4, -0.2) is 34.9 Å². The molecule has 0 bridgehead atoms. The van der Waals surface area contributed by atoms with Crippen molar-refractivity contribution >= 4 is 33.6 Å². The van der Waals surface area contributed by atoms with Gasteiger partial charge in [-0.1, -0.05) is 15.9 Å². The number of anilines is 1. The SMILES string of the molecule is Cc1cc(Br)cc(C)c1NC(=O)NC(CCO)C(=O)O. The van der Waals surface area contributed by atoms with Gasteiger partial charge in [0.2, 0.25) is 0 Å². The Kier molecular flexibility index (Phi) is 5.97. The summed E-state index contributed by atoms with van der Waals surface area (Å²) in [6.07, 6.45) is -0.0406. The minimum atomic E-state index is -1.18. The molecule has 0 aliphatic heterocycles. The number of aliphatic hydroxyl groups is 1. The molecule has 0 radical (unpaired) electrons. The first-order valence-corrected chi connectivity index (χ1v) is 6.82. The van der Waals surface area contributed by atoms with Crippen molar-refractivity contribution < 1.29 is 19.8 Å². The number of benzene rings is 1. The Morgan fingerprint density at radius 3 is 2.30 bits per heavy atom. The molecule has 2 amide bonds. The molecule has 1 aromatic carbocycles. The maximum Gasteiger partial charge on any atom is 0.326 e. The van der Waals surface area contributed by atoms with E-state index < -0.39 is 18.0 Å². The number of carbonyl (C=O) groups excluding carboxylic acids is 1. The van der Waals surface area contributed by atoms with Crippen molar-refractivity contribution in [2.75, 3.05) is 11.9 Å². The number of carbonyl (C=O) groups is 2. The van der Waals surface area contributed by atoms with E-state index in [1.54, 1.807) is 0 Å². The number of hydrogen-bond donors (Lipinski definition) is 4. The Balaban J connectivity index is 2.78. The summed E-state index contributed by atoms with van der Waals surface area (Å²) >= 11 is 3.36. The highest BCUT2D eigenvalue weighted by Crippen LogP contribution is 2.24. The monoisotopic (exact) mass is 344 g/mol. The zero-order chi connectivity index (χ0) is 15.3. The van der Waals surface area contributed by atoms with Crippen LogP contribution >= 0.6 is 15.9 Å². The molecule has 4 N–H and O–H groups in total. The quantitative estimate of drug-likeness (QED) is 0.656. The Morgan fingerprint density at radius 2 is 1.85 bits per heavy atom. The topological polar surface area (TPSA) is 98.7 Å². The highest BCUT2D eigenvalue weighted by Gasteiger charge is 2.19. The lowest BCUT2D eigenvalue weighted by atomic mass is 10.1. The maximum absolute atomic E-state index is 11.8. The summed E-state index contributed by atoms with van der Waals surface area (Å²) in [6, 6.07) is 1.98. The fourth-order valence-corrected chi connectivity index (χ4v) is 2.49. The summed E-state index contributed by atoms with van der Waals surface area (Å²) in [5.74, 6) is -1.18. The second-order valence-corrected chi connectivity index (χ2v) is 5.33. The molecular formula is C13H17BrN2O4. The Bertz CT molecular complexity index is 496. The molecule has 0 aliphatic carbocycles. The summed E-state index contributed by atoms with van der Waals surface area (Å²) < 4.78 is 0.905. The zero-order valence-corrected chi connectivity index (χ0v) is 12.8. The van der Waals surface area contributed by atoms with Gasteiger partial charge in [-0.2, -0.15) is 0 Å². The van der Waals surface area contributed by atoms with Crippen LogP contribution in [0.3, 0.4) is 0 Å². The van der Waals surface area contributed by atoms with Crippen molar-refractivity contribution in [2.45, 2.75) is 26.3 Å². The summed E-state index contributed by atoms with van der Waals surface area (Å²) in [6.45, 7) is 3.37. The van der Waals surface area contributed by atoms with Gasteiger partial charge < -0.3 is 20.8 Å². The molecule has 6 nitrogen and oxygen atoms in total. The average molecular weight is 345 g/mol. The van der Waals surface area contributed by atoms with Gasteiger partial charge in [0, 0.05) is 23.2 Å². The fourth-order valence-electron chi connectivity index (χ4n) is 1.80. The van der Waals surface area contributed by atoms with Crippen molar-refractivity contribution in [1.29, 1.82) is 0 Å². The number of aliphatic hydroxyl groups excluding tert-OH is 1. The molecule has 20 heavy (non-hydrogen) atoms. The van der Waals surface area contributed by atoms with E-state index in [1.165, 1.54) is 0 Å². The number of urea groups is 1.